The van der Waals surface area contributed by atoms with Gasteiger partial charge in [-0.3, -0.25) is 9.59 Å². The molecule has 2 aromatic rings. The molecule has 1 aromatic heterocycles. The van der Waals surface area contributed by atoms with E-state index in [4.69, 9.17) is 0 Å². The second kappa shape index (κ2) is 7.27. The number of nitrogens with zero attached hydrogens (tertiary/aromatic N) is 3. The third kappa shape index (κ3) is 3.61. The Labute approximate surface area is 152 Å². The first-order chi connectivity index (χ1) is 12.4. The topological polar surface area (TPSA) is 67.2 Å². The van der Waals surface area contributed by atoms with E-state index in [-0.39, 0.29) is 23.7 Å². The molecule has 6 nitrogen and oxygen atoms in total. The Bertz CT molecular complexity index is 821. The molecule has 1 aliphatic heterocycles. The molecule has 0 atom stereocenters. The van der Waals surface area contributed by atoms with Crippen molar-refractivity contribution >= 4 is 11.8 Å². The van der Waals surface area contributed by atoms with Crippen molar-refractivity contribution in [3.63, 3.8) is 0 Å². The molecule has 1 N–H and O–H groups in total. The standard InChI is InChI=1S/C19H23FN4O2/c1-12-18(13(2)24(22-12)17-6-4-15(20)5-7-17)19(26)21-16-8-10-23(11-9-16)14(3)25/h4-7,16H,8-11H2,1-3H3,(H,21,26). The number of likely N-dealkylation sites (tertiary alicyclic amines) is 1. The summed E-state index contributed by atoms with van der Waals surface area (Å²) in [5.74, 6) is -0.401. The molecule has 0 spiro atoms. The minimum Gasteiger partial charge on any atom is -0.349 e. The van der Waals surface area contributed by atoms with Crippen LogP contribution in [0, 0.1) is 19.7 Å². The van der Waals surface area contributed by atoms with Gasteiger partial charge in [-0.25, -0.2) is 9.07 Å². The maximum absolute atomic E-state index is 13.1. The molecule has 138 valence electrons. The molecule has 1 aliphatic rings. The van der Waals surface area contributed by atoms with E-state index in [2.05, 4.69) is 10.4 Å². The minimum absolute atomic E-state index is 0.0473. The average Bonchev–Trinajstić information content (AvgIpc) is 2.90. The number of benzene rings is 1. The molecular formula is C19H23FN4O2. The lowest BCUT2D eigenvalue weighted by Crippen LogP contribution is -2.46. The summed E-state index contributed by atoms with van der Waals surface area (Å²) in [5.41, 5.74) is 2.60. The maximum Gasteiger partial charge on any atom is 0.255 e. The highest BCUT2D eigenvalue weighted by Gasteiger charge is 2.25. The van der Waals surface area contributed by atoms with E-state index >= 15 is 0 Å². The summed E-state index contributed by atoms with van der Waals surface area (Å²) in [5, 5.41) is 7.50. The zero-order chi connectivity index (χ0) is 18.8. The quantitative estimate of drug-likeness (QED) is 0.916. The van der Waals surface area contributed by atoms with Crippen LogP contribution in [0.1, 0.15) is 41.5 Å². The molecule has 2 amide bonds. The molecule has 0 saturated carbocycles. The van der Waals surface area contributed by atoms with Gasteiger partial charge >= 0.3 is 0 Å². The highest BCUT2D eigenvalue weighted by atomic mass is 19.1. The predicted molar refractivity (Wildman–Crippen MR) is 95.7 cm³/mol. The SMILES string of the molecule is CC(=O)N1CCC(NC(=O)c2c(C)nn(-c3ccc(F)cc3)c2C)CC1. The summed E-state index contributed by atoms with van der Waals surface area (Å²) in [6.07, 6.45) is 1.49. The summed E-state index contributed by atoms with van der Waals surface area (Å²) >= 11 is 0. The van der Waals surface area contributed by atoms with Crippen LogP contribution in [-0.2, 0) is 4.79 Å². The summed E-state index contributed by atoms with van der Waals surface area (Å²) in [4.78, 5) is 26.0. The number of amides is 2. The summed E-state index contributed by atoms with van der Waals surface area (Å²) < 4.78 is 14.8. The number of aryl methyl sites for hydroxylation is 1. The van der Waals surface area contributed by atoms with Gasteiger partial charge in [0.2, 0.25) is 5.91 Å². The zero-order valence-corrected chi connectivity index (χ0v) is 15.3. The van der Waals surface area contributed by atoms with Crippen LogP contribution >= 0.6 is 0 Å². The molecule has 1 saturated heterocycles. The zero-order valence-electron chi connectivity index (χ0n) is 15.3. The Morgan fingerprint density at radius 1 is 1.15 bits per heavy atom. The van der Waals surface area contributed by atoms with Gasteiger partial charge in [0.15, 0.2) is 0 Å². The van der Waals surface area contributed by atoms with Crippen LogP contribution < -0.4 is 5.32 Å². The number of hydrogen-bond donors (Lipinski definition) is 1. The number of aromatic nitrogens is 2. The molecule has 1 aromatic carbocycles. The van der Waals surface area contributed by atoms with E-state index < -0.39 is 0 Å². The minimum atomic E-state index is -0.315. The largest absolute Gasteiger partial charge is 0.349 e. The van der Waals surface area contributed by atoms with Crippen molar-refractivity contribution in [1.29, 1.82) is 0 Å². The van der Waals surface area contributed by atoms with Crippen LogP contribution in [-0.4, -0.2) is 45.6 Å². The Kier molecular flexibility index (Phi) is 5.06. The van der Waals surface area contributed by atoms with Gasteiger partial charge < -0.3 is 10.2 Å². The number of carbonyl (C=O) groups is 2. The van der Waals surface area contributed by atoms with E-state index in [9.17, 15) is 14.0 Å². The van der Waals surface area contributed by atoms with E-state index in [1.54, 1.807) is 35.6 Å². The van der Waals surface area contributed by atoms with Gasteiger partial charge in [0.1, 0.15) is 5.82 Å². The number of piperidine rings is 1. The molecule has 7 heteroatoms. The molecule has 2 heterocycles. The first-order valence-corrected chi connectivity index (χ1v) is 8.75. The number of hydrogen-bond acceptors (Lipinski definition) is 3. The van der Waals surface area contributed by atoms with Gasteiger partial charge in [0.25, 0.3) is 5.91 Å². The van der Waals surface area contributed by atoms with Crippen molar-refractivity contribution in [3.8, 4) is 5.69 Å². The smallest absolute Gasteiger partial charge is 0.255 e. The second-order valence-corrected chi connectivity index (χ2v) is 6.69. The Morgan fingerprint density at radius 3 is 2.35 bits per heavy atom. The Morgan fingerprint density at radius 2 is 1.77 bits per heavy atom. The molecule has 0 bridgehead atoms. The maximum atomic E-state index is 13.1. The second-order valence-electron chi connectivity index (χ2n) is 6.69. The highest BCUT2D eigenvalue weighted by Crippen LogP contribution is 2.19. The fraction of sp³-hybridized carbons (Fsp3) is 0.421. The number of nitrogens with one attached hydrogen (secondary N) is 1. The lowest BCUT2D eigenvalue weighted by molar-refractivity contribution is -0.129. The fourth-order valence-electron chi connectivity index (χ4n) is 3.40. The lowest BCUT2D eigenvalue weighted by atomic mass is 10.0. The molecule has 0 unspecified atom stereocenters. The van der Waals surface area contributed by atoms with Gasteiger partial charge in [-0.2, -0.15) is 5.10 Å². The van der Waals surface area contributed by atoms with Crippen molar-refractivity contribution in [2.75, 3.05) is 13.1 Å². The van der Waals surface area contributed by atoms with Crippen LogP contribution in [0.25, 0.3) is 5.69 Å². The molecule has 26 heavy (non-hydrogen) atoms. The van der Waals surface area contributed by atoms with Crippen molar-refractivity contribution in [1.82, 2.24) is 20.0 Å². The number of halogens is 1. The molecule has 0 aliphatic carbocycles. The Hall–Kier alpha value is -2.70. The van der Waals surface area contributed by atoms with Crippen molar-refractivity contribution in [3.05, 3.63) is 47.0 Å². The lowest BCUT2D eigenvalue weighted by Gasteiger charge is -2.31. The Balaban J connectivity index is 1.74. The monoisotopic (exact) mass is 358 g/mol. The average molecular weight is 358 g/mol. The molecule has 1 fully saturated rings. The van der Waals surface area contributed by atoms with Crippen LogP contribution in [0.3, 0.4) is 0 Å². The van der Waals surface area contributed by atoms with Gasteiger partial charge in [-0.15, -0.1) is 0 Å². The van der Waals surface area contributed by atoms with Crippen LogP contribution in [0.15, 0.2) is 24.3 Å². The summed E-state index contributed by atoms with van der Waals surface area (Å²) in [6.45, 7) is 6.51. The van der Waals surface area contributed by atoms with Gasteiger partial charge in [0, 0.05) is 26.1 Å². The van der Waals surface area contributed by atoms with Crippen LogP contribution in [0.2, 0.25) is 0 Å². The van der Waals surface area contributed by atoms with E-state index in [1.165, 1.54) is 12.1 Å². The fourth-order valence-corrected chi connectivity index (χ4v) is 3.40. The first-order valence-electron chi connectivity index (χ1n) is 8.75. The number of carbonyl (C=O) groups excluding carboxylic acids is 2. The van der Waals surface area contributed by atoms with Gasteiger partial charge in [-0.05, 0) is 51.0 Å². The normalized spacial score (nSPS) is 15.2. The van der Waals surface area contributed by atoms with E-state index in [0.717, 1.165) is 12.8 Å². The van der Waals surface area contributed by atoms with Crippen molar-refractivity contribution < 1.29 is 14.0 Å². The molecule has 0 radical (unpaired) electrons. The van der Waals surface area contributed by atoms with Crippen molar-refractivity contribution in [2.45, 2.75) is 39.7 Å². The number of rotatable bonds is 3. The molecular weight excluding hydrogens is 335 g/mol. The first kappa shape index (κ1) is 18.1. The van der Waals surface area contributed by atoms with Crippen LogP contribution in [0.5, 0.6) is 0 Å². The summed E-state index contributed by atoms with van der Waals surface area (Å²) in [7, 11) is 0. The van der Waals surface area contributed by atoms with E-state index in [0.29, 0.717) is 35.7 Å². The highest BCUT2D eigenvalue weighted by molar-refractivity contribution is 5.96. The van der Waals surface area contributed by atoms with Gasteiger partial charge in [0.05, 0.1) is 22.6 Å². The third-order valence-corrected chi connectivity index (χ3v) is 4.87. The summed E-state index contributed by atoms with van der Waals surface area (Å²) in [6, 6.07) is 6.05. The van der Waals surface area contributed by atoms with Crippen molar-refractivity contribution in [2.24, 2.45) is 0 Å². The predicted octanol–water partition coefficient (Wildman–Crippen LogP) is 2.37. The van der Waals surface area contributed by atoms with Gasteiger partial charge in [-0.1, -0.05) is 0 Å². The van der Waals surface area contributed by atoms with E-state index in [1.807, 2.05) is 6.92 Å². The van der Waals surface area contributed by atoms with Crippen LogP contribution in [0.4, 0.5) is 4.39 Å². The molecule has 3 rings (SSSR count). The third-order valence-electron chi connectivity index (χ3n) is 4.87.